The molecule has 8 heteroatoms. The molecule has 0 unspecified atom stereocenters. The Morgan fingerprint density at radius 2 is 2.12 bits per heavy atom. The second kappa shape index (κ2) is 5.57. The number of hydrogen-bond acceptors (Lipinski definition) is 6. The molecule has 5 nitrogen and oxygen atoms in total. The fraction of sp³-hybridized carbons (Fsp3) is 0.333. The average molecular weight is 290 g/mol. The van der Waals surface area contributed by atoms with Crippen molar-refractivity contribution in [2.45, 2.75) is 13.3 Å². The summed E-state index contributed by atoms with van der Waals surface area (Å²) in [6.07, 6.45) is 0.794. The van der Waals surface area contributed by atoms with E-state index in [4.69, 9.17) is 23.2 Å². The summed E-state index contributed by atoms with van der Waals surface area (Å²) < 4.78 is 0. The van der Waals surface area contributed by atoms with Crippen LogP contribution in [0.4, 0.5) is 5.82 Å². The van der Waals surface area contributed by atoms with Crippen molar-refractivity contribution in [1.29, 1.82) is 0 Å². The molecule has 0 spiro atoms. The van der Waals surface area contributed by atoms with Crippen molar-refractivity contribution in [2.24, 2.45) is 0 Å². The molecular formula is C9H9Cl2N5S. The van der Waals surface area contributed by atoms with Gasteiger partial charge in [0, 0.05) is 18.3 Å². The van der Waals surface area contributed by atoms with Crippen LogP contribution in [-0.2, 0) is 6.42 Å². The quantitative estimate of drug-likeness (QED) is 0.937. The summed E-state index contributed by atoms with van der Waals surface area (Å²) in [5.74, 6) is 0.443. The molecule has 0 saturated carbocycles. The minimum atomic E-state index is 0.0707. The predicted octanol–water partition coefficient (Wildman–Crippen LogP) is 2.60. The highest BCUT2D eigenvalue weighted by Crippen LogP contribution is 2.16. The SMILES string of the molecule is Cc1nc(CCNc2nc(Cl)nnc2Cl)cs1. The van der Waals surface area contributed by atoms with Crippen molar-refractivity contribution >= 4 is 40.4 Å². The van der Waals surface area contributed by atoms with Crippen molar-refractivity contribution in [3.63, 3.8) is 0 Å². The summed E-state index contributed by atoms with van der Waals surface area (Å²) in [6.45, 7) is 2.64. The zero-order valence-corrected chi connectivity index (χ0v) is 11.3. The predicted molar refractivity (Wildman–Crippen MR) is 68.9 cm³/mol. The lowest BCUT2D eigenvalue weighted by Crippen LogP contribution is -2.08. The van der Waals surface area contributed by atoms with Crippen LogP contribution in [0.25, 0.3) is 0 Å². The number of thiazole rings is 1. The lowest BCUT2D eigenvalue weighted by Gasteiger charge is -2.04. The van der Waals surface area contributed by atoms with E-state index in [0.717, 1.165) is 17.1 Å². The van der Waals surface area contributed by atoms with E-state index in [9.17, 15) is 0 Å². The smallest absolute Gasteiger partial charge is 0.245 e. The first-order valence-corrected chi connectivity index (χ1v) is 6.49. The van der Waals surface area contributed by atoms with E-state index in [1.165, 1.54) is 0 Å². The number of halogens is 2. The Labute approximate surface area is 112 Å². The Hall–Kier alpha value is -0.980. The summed E-state index contributed by atoms with van der Waals surface area (Å²) in [5, 5.41) is 13.6. The normalized spacial score (nSPS) is 10.5. The molecule has 0 aliphatic rings. The first kappa shape index (κ1) is 12.5. The van der Waals surface area contributed by atoms with E-state index in [2.05, 4.69) is 25.5 Å². The highest BCUT2D eigenvalue weighted by atomic mass is 35.5. The number of aromatic nitrogens is 4. The van der Waals surface area contributed by atoms with E-state index in [1.807, 2.05) is 12.3 Å². The van der Waals surface area contributed by atoms with Gasteiger partial charge in [-0.15, -0.1) is 21.5 Å². The number of anilines is 1. The van der Waals surface area contributed by atoms with Crippen LogP contribution in [0.5, 0.6) is 0 Å². The van der Waals surface area contributed by atoms with Gasteiger partial charge in [0.25, 0.3) is 0 Å². The summed E-state index contributed by atoms with van der Waals surface area (Å²) in [5.41, 5.74) is 1.05. The third kappa shape index (κ3) is 3.49. The van der Waals surface area contributed by atoms with E-state index < -0.39 is 0 Å². The van der Waals surface area contributed by atoms with Gasteiger partial charge in [-0.25, -0.2) is 4.98 Å². The summed E-state index contributed by atoms with van der Waals surface area (Å²) in [4.78, 5) is 8.29. The van der Waals surface area contributed by atoms with Crippen LogP contribution >= 0.6 is 34.5 Å². The molecule has 1 N–H and O–H groups in total. The molecule has 2 heterocycles. The Morgan fingerprint density at radius 3 is 2.82 bits per heavy atom. The topological polar surface area (TPSA) is 63.6 Å². The minimum Gasteiger partial charge on any atom is -0.367 e. The first-order valence-electron chi connectivity index (χ1n) is 4.86. The van der Waals surface area contributed by atoms with Crippen molar-refractivity contribution < 1.29 is 0 Å². The van der Waals surface area contributed by atoms with Gasteiger partial charge in [0.15, 0.2) is 11.0 Å². The average Bonchev–Trinajstić information content (AvgIpc) is 2.69. The molecule has 0 aliphatic heterocycles. The van der Waals surface area contributed by atoms with Gasteiger partial charge in [0.05, 0.1) is 10.7 Å². The number of hydrogen-bond donors (Lipinski definition) is 1. The molecule has 2 aromatic heterocycles. The van der Waals surface area contributed by atoms with E-state index in [0.29, 0.717) is 12.4 Å². The molecule has 0 atom stereocenters. The largest absolute Gasteiger partial charge is 0.367 e. The fourth-order valence-corrected chi connectivity index (χ4v) is 2.15. The molecule has 0 aromatic carbocycles. The van der Waals surface area contributed by atoms with Crippen molar-refractivity contribution in [2.75, 3.05) is 11.9 Å². The minimum absolute atomic E-state index is 0.0707. The number of nitrogens with one attached hydrogen (secondary N) is 1. The Morgan fingerprint density at radius 1 is 1.29 bits per heavy atom. The van der Waals surface area contributed by atoms with E-state index >= 15 is 0 Å². The Bertz CT molecular complexity index is 516. The van der Waals surface area contributed by atoms with Crippen LogP contribution in [0.15, 0.2) is 5.38 Å². The molecule has 0 aliphatic carbocycles. The maximum atomic E-state index is 5.81. The standard InChI is InChI=1S/C9H9Cl2N5S/c1-5-13-6(4-17-5)2-3-12-8-7(10)15-16-9(11)14-8/h4H,2-3H2,1H3,(H,12,14,16). The second-order valence-electron chi connectivity index (χ2n) is 3.25. The van der Waals surface area contributed by atoms with Crippen molar-refractivity contribution in [3.05, 3.63) is 26.5 Å². The molecule has 2 aromatic rings. The van der Waals surface area contributed by atoms with Gasteiger partial charge in [-0.05, 0) is 18.5 Å². The zero-order chi connectivity index (χ0) is 12.3. The van der Waals surface area contributed by atoms with Crippen LogP contribution in [0.1, 0.15) is 10.7 Å². The van der Waals surface area contributed by atoms with Crippen molar-refractivity contribution in [1.82, 2.24) is 20.2 Å². The second-order valence-corrected chi connectivity index (χ2v) is 5.01. The van der Waals surface area contributed by atoms with Gasteiger partial charge in [-0.3, -0.25) is 0 Å². The molecule has 2 rings (SSSR count). The molecule has 0 amide bonds. The van der Waals surface area contributed by atoms with Gasteiger partial charge < -0.3 is 5.32 Å². The maximum Gasteiger partial charge on any atom is 0.245 e. The van der Waals surface area contributed by atoms with Crippen LogP contribution < -0.4 is 5.32 Å². The zero-order valence-electron chi connectivity index (χ0n) is 8.94. The number of nitrogens with zero attached hydrogens (tertiary/aromatic N) is 4. The van der Waals surface area contributed by atoms with Crippen molar-refractivity contribution in [3.8, 4) is 0 Å². The van der Waals surface area contributed by atoms with Gasteiger partial charge in [-0.1, -0.05) is 11.6 Å². The van der Waals surface area contributed by atoms with Gasteiger partial charge in [0.1, 0.15) is 0 Å². The van der Waals surface area contributed by atoms with E-state index in [-0.39, 0.29) is 10.4 Å². The molecule has 17 heavy (non-hydrogen) atoms. The first-order chi connectivity index (χ1) is 8.15. The number of rotatable bonds is 4. The summed E-state index contributed by atoms with van der Waals surface area (Å²) >= 11 is 13.1. The van der Waals surface area contributed by atoms with Gasteiger partial charge in [-0.2, -0.15) is 4.98 Å². The van der Waals surface area contributed by atoms with Gasteiger partial charge in [0.2, 0.25) is 5.28 Å². The monoisotopic (exact) mass is 289 g/mol. The molecule has 0 bridgehead atoms. The lowest BCUT2D eigenvalue weighted by atomic mass is 10.3. The third-order valence-electron chi connectivity index (χ3n) is 1.96. The van der Waals surface area contributed by atoms with Crippen LogP contribution in [0, 0.1) is 6.92 Å². The van der Waals surface area contributed by atoms with Crippen LogP contribution in [0.2, 0.25) is 10.4 Å². The maximum absolute atomic E-state index is 5.81. The number of aryl methyl sites for hydroxylation is 1. The molecule has 0 radical (unpaired) electrons. The highest BCUT2D eigenvalue weighted by Gasteiger charge is 2.05. The van der Waals surface area contributed by atoms with Crippen LogP contribution in [-0.4, -0.2) is 26.7 Å². The Balaban J connectivity index is 1.91. The summed E-state index contributed by atoms with van der Waals surface area (Å²) in [7, 11) is 0. The highest BCUT2D eigenvalue weighted by molar-refractivity contribution is 7.09. The lowest BCUT2D eigenvalue weighted by molar-refractivity contribution is 0.929. The molecular weight excluding hydrogens is 281 g/mol. The van der Waals surface area contributed by atoms with E-state index in [1.54, 1.807) is 11.3 Å². The molecule has 0 fully saturated rings. The van der Waals surface area contributed by atoms with Gasteiger partial charge >= 0.3 is 0 Å². The van der Waals surface area contributed by atoms with Crippen LogP contribution in [0.3, 0.4) is 0 Å². The summed E-state index contributed by atoms with van der Waals surface area (Å²) in [6, 6.07) is 0. The fourth-order valence-electron chi connectivity index (χ4n) is 1.24. The third-order valence-corrected chi connectivity index (χ3v) is 3.20. The molecule has 0 saturated heterocycles. The Kier molecular flexibility index (Phi) is 4.09. The molecule has 90 valence electrons.